The quantitative estimate of drug-likeness (QED) is 0.262. The molecule has 0 unspecified atom stereocenters. The van der Waals surface area contributed by atoms with Crippen molar-refractivity contribution in [2.45, 2.75) is 64.2 Å². The molecule has 16 heavy (non-hydrogen) atoms. The number of hydrogen-bond acceptors (Lipinski definition) is 1. The average Bonchev–Trinajstić information content (AvgIpc) is 2.31. The van der Waals surface area contributed by atoms with Crippen LogP contribution in [0.4, 0.5) is 0 Å². The molecule has 0 aromatic heterocycles. The van der Waals surface area contributed by atoms with Gasteiger partial charge in [-0.05, 0) is 25.3 Å². The Balaban J connectivity index is 3.01. The van der Waals surface area contributed by atoms with Crippen LogP contribution in [0.1, 0.15) is 64.2 Å². The Morgan fingerprint density at radius 2 is 1.31 bits per heavy atom. The van der Waals surface area contributed by atoms with Crippen molar-refractivity contribution in [3.8, 4) is 0 Å². The van der Waals surface area contributed by atoms with E-state index in [1.807, 2.05) is 6.08 Å². The summed E-state index contributed by atoms with van der Waals surface area (Å²) in [5.74, 6) is 0.185. The van der Waals surface area contributed by atoms with E-state index in [0.29, 0.717) is 6.42 Å². The Labute approximate surface area is 101 Å². The maximum atomic E-state index is 10.9. The number of unbranched alkanes of at least 4 members (excludes halogenated alkanes) is 8. The van der Waals surface area contributed by atoms with Gasteiger partial charge in [0.15, 0.2) is 5.78 Å². The molecule has 0 heterocycles. The van der Waals surface area contributed by atoms with E-state index in [0.717, 1.165) is 12.8 Å². The third-order valence-electron chi connectivity index (χ3n) is 2.81. The summed E-state index contributed by atoms with van der Waals surface area (Å²) in [5, 5.41) is 0. The van der Waals surface area contributed by atoms with E-state index in [4.69, 9.17) is 0 Å². The van der Waals surface area contributed by atoms with Crippen LogP contribution in [-0.4, -0.2) is 5.78 Å². The molecule has 0 fully saturated rings. The van der Waals surface area contributed by atoms with Crippen molar-refractivity contribution in [3.05, 3.63) is 25.3 Å². The van der Waals surface area contributed by atoms with E-state index in [-0.39, 0.29) is 5.78 Å². The molecule has 0 saturated carbocycles. The third-order valence-corrected chi connectivity index (χ3v) is 2.81. The lowest BCUT2D eigenvalue weighted by molar-refractivity contribution is -0.114. The number of carbonyl (C=O) groups is 1. The number of allylic oxidation sites excluding steroid dienone is 2. The molecule has 0 spiro atoms. The molecule has 0 rings (SSSR count). The van der Waals surface area contributed by atoms with Gasteiger partial charge in [-0.15, -0.1) is 6.58 Å². The van der Waals surface area contributed by atoms with Gasteiger partial charge in [0.1, 0.15) is 0 Å². The molecule has 0 aliphatic heterocycles. The van der Waals surface area contributed by atoms with Gasteiger partial charge in [0.05, 0.1) is 0 Å². The molecule has 0 saturated heterocycles. The van der Waals surface area contributed by atoms with Gasteiger partial charge in [0.25, 0.3) is 0 Å². The van der Waals surface area contributed by atoms with Gasteiger partial charge in [-0.1, -0.05) is 51.2 Å². The molecule has 1 nitrogen and oxygen atoms in total. The zero-order valence-electron chi connectivity index (χ0n) is 10.5. The summed E-state index contributed by atoms with van der Waals surface area (Å²) >= 11 is 0. The fraction of sp³-hybridized carbons (Fsp3) is 0.667. The van der Waals surface area contributed by atoms with Gasteiger partial charge in [0, 0.05) is 6.42 Å². The Morgan fingerprint density at radius 3 is 1.81 bits per heavy atom. The molecule has 0 radical (unpaired) electrons. The standard InChI is InChI=1S/C15H26O/c1-3-5-6-7-8-9-10-11-12-13-14-15(16)4-2/h3-4H,1-2,5-14H2. The first kappa shape index (κ1) is 15.2. The second-order valence-corrected chi connectivity index (χ2v) is 4.33. The predicted octanol–water partition coefficient (Wildman–Crippen LogP) is 4.83. The summed E-state index contributed by atoms with van der Waals surface area (Å²) in [7, 11) is 0. The van der Waals surface area contributed by atoms with Crippen LogP contribution in [0, 0.1) is 0 Å². The second kappa shape index (κ2) is 12.2. The van der Waals surface area contributed by atoms with E-state index in [2.05, 4.69) is 13.2 Å². The number of ketones is 1. The molecule has 0 bridgehead atoms. The molecule has 0 aromatic rings. The van der Waals surface area contributed by atoms with Crippen molar-refractivity contribution < 1.29 is 4.79 Å². The SMILES string of the molecule is C=CCCCCCCCCCCC(=O)C=C. The van der Waals surface area contributed by atoms with Crippen LogP contribution in [0.3, 0.4) is 0 Å². The lowest BCUT2D eigenvalue weighted by Gasteiger charge is -2.00. The predicted molar refractivity (Wildman–Crippen MR) is 71.6 cm³/mol. The van der Waals surface area contributed by atoms with E-state index in [1.54, 1.807) is 0 Å². The van der Waals surface area contributed by atoms with Crippen LogP contribution in [0.2, 0.25) is 0 Å². The largest absolute Gasteiger partial charge is 0.295 e. The van der Waals surface area contributed by atoms with E-state index < -0.39 is 0 Å². The van der Waals surface area contributed by atoms with E-state index >= 15 is 0 Å². The lowest BCUT2D eigenvalue weighted by Crippen LogP contribution is -1.91. The van der Waals surface area contributed by atoms with Crippen molar-refractivity contribution in [2.75, 3.05) is 0 Å². The van der Waals surface area contributed by atoms with Crippen molar-refractivity contribution in [2.24, 2.45) is 0 Å². The Bertz CT molecular complexity index is 194. The lowest BCUT2D eigenvalue weighted by atomic mass is 10.1. The molecule has 0 aliphatic carbocycles. The van der Waals surface area contributed by atoms with Gasteiger partial charge in [0.2, 0.25) is 0 Å². The van der Waals surface area contributed by atoms with Crippen LogP contribution >= 0.6 is 0 Å². The smallest absolute Gasteiger partial charge is 0.155 e. The molecule has 92 valence electrons. The van der Waals surface area contributed by atoms with Gasteiger partial charge in [-0.2, -0.15) is 0 Å². The Hall–Kier alpha value is -0.850. The number of carbonyl (C=O) groups excluding carboxylic acids is 1. The monoisotopic (exact) mass is 222 g/mol. The third kappa shape index (κ3) is 11.2. The van der Waals surface area contributed by atoms with Crippen LogP contribution < -0.4 is 0 Å². The number of hydrogen-bond donors (Lipinski definition) is 0. The van der Waals surface area contributed by atoms with E-state index in [1.165, 1.54) is 51.0 Å². The summed E-state index contributed by atoms with van der Waals surface area (Å²) < 4.78 is 0. The highest BCUT2D eigenvalue weighted by molar-refractivity contribution is 5.88. The fourth-order valence-electron chi connectivity index (χ4n) is 1.75. The molecular formula is C15H26O. The first-order valence-electron chi connectivity index (χ1n) is 6.57. The fourth-order valence-corrected chi connectivity index (χ4v) is 1.75. The van der Waals surface area contributed by atoms with Gasteiger partial charge in [-0.25, -0.2) is 0 Å². The Morgan fingerprint density at radius 1 is 0.812 bits per heavy atom. The second-order valence-electron chi connectivity index (χ2n) is 4.33. The summed E-state index contributed by atoms with van der Waals surface area (Å²) in [4.78, 5) is 10.9. The van der Waals surface area contributed by atoms with Gasteiger partial charge in [-0.3, -0.25) is 4.79 Å². The first-order valence-corrected chi connectivity index (χ1v) is 6.57. The van der Waals surface area contributed by atoms with Crippen LogP contribution in [-0.2, 0) is 4.79 Å². The first-order chi connectivity index (χ1) is 7.81. The average molecular weight is 222 g/mol. The van der Waals surface area contributed by atoms with Gasteiger partial charge >= 0.3 is 0 Å². The zero-order chi connectivity index (χ0) is 12.1. The Kier molecular flexibility index (Phi) is 11.6. The summed E-state index contributed by atoms with van der Waals surface area (Å²) in [6.07, 6.45) is 15.4. The van der Waals surface area contributed by atoms with Crippen molar-refractivity contribution in [3.63, 3.8) is 0 Å². The summed E-state index contributed by atoms with van der Waals surface area (Å²) in [6.45, 7) is 7.18. The van der Waals surface area contributed by atoms with Crippen LogP contribution in [0.25, 0.3) is 0 Å². The van der Waals surface area contributed by atoms with Crippen LogP contribution in [0.5, 0.6) is 0 Å². The summed E-state index contributed by atoms with van der Waals surface area (Å²) in [5.41, 5.74) is 0. The normalized spacial score (nSPS) is 10.0. The maximum Gasteiger partial charge on any atom is 0.155 e. The topological polar surface area (TPSA) is 17.1 Å². The molecule has 0 aromatic carbocycles. The summed E-state index contributed by atoms with van der Waals surface area (Å²) in [6, 6.07) is 0. The zero-order valence-corrected chi connectivity index (χ0v) is 10.5. The minimum atomic E-state index is 0.185. The molecule has 0 amide bonds. The van der Waals surface area contributed by atoms with Crippen molar-refractivity contribution in [1.29, 1.82) is 0 Å². The highest BCUT2D eigenvalue weighted by Gasteiger charge is 1.95. The molecule has 1 heteroatoms. The highest BCUT2D eigenvalue weighted by Crippen LogP contribution is 2.10. The minimum absolute atomic E-state index is 0.185. The molecule has 0 aliphatic rings. The minimum Gasteiger partial charge on any atom is -0.295 e. The molecular weight excluding hydrogens is 196 g/mol. The van der Waals surface area contributed by atoms with Crippen molar-refractivity contribution >= 4 is 5.78 Å². The maximum absolute atomic E-state index is 10.9. The van der Waals surface area contributed by atoms with E-state index in [9.17, 15) is 4.79 Å². The van der Waals surface area contributed by atoms with Gasteiger partial charge < -0.3 is 0 Å². The molecule has 0 N–H and O–H groups in total. The highest BCUT2D eigenvalue weighted by atomic mass is 16.1. The van der Waals surface area contributed by atoms with Crippen molar-refractivity contribution in [1.82, 2.24) is 0 Å². The van der Waals surface area contributed by atoms with Crippen LogP contribution in [0.15, 0.2) is 25.3 Å². The molecule has 0 atom stereocenters. The number of rotatable bonds is 12.